The molecule has 0 spiro atoms. The highest BCUT2D eigenvalue weighted by Crippen LogP contribution is 2.36. The predicted molar refractivity (Wildman–Crippen MR) is 129 cm³/mol. The molecule has 174 valence electrons. The van der Waals surface area contributed by atoms with Crippen LogP contribution in [0, 0.1) is 6.92 Å². The number of carbonyl (C=O) groups is 1. The Bertz CT molecular complexity index is 1040. The molecule has 7 heteroatoms. The molecular weight excluding hydrogens is 414 g/mol. The number of aromatic nitrogens is 3. The van der Waals surface area contributed by atoms with E-state index >= 15 is 0 Å². The summed E-state index contributed by atoms with van der Waals surface area (Å²) >= 11 is 0. The number of rotatable bonds is 7. The Morgan fingerprint density at radius 2 is 1.70 bits per heavy atom. The van der Waals surface area contributed by atoms with E-state index in [4.69, 9.17) is 4.74 Å². The summed E-state index contributed by atoms with van der Waals surface area (Å²) in [6.07, 6.45) is 5.65. The number of hydrogen-bond acceptors (Lipinski definition) is 5. The lowest BCUT2D eigenvalue weighted by Gasteiger charge is -2.45. The highest BCUT2D eigenvalue weighted by atomic mass is 16.6. The Hall–Kier alpha value is -3.19. The van der Waals surface area contributed by atoms with Gasteiger partial charge in [0.2, 0.25) is 0 Å². The zero-order chi connectivity index (χ0) is 23.3. The number of hydrogen-bond donors (Lipinski definition) is 1. The molecule has 0 aliphatic heterocycles. The molecule has 1 saturated carbocycles. The van der Waals surface area contributed by atoms with Gasteiger partial charge in [-0.2, -0.15) is 0 Å². The van der Waals surface area contributed by atoms with Crippen LogP contribution >= 0.6 is 0 Å². The van der Waals surface area contributed by atoms with Crippen molar-refractivity contribution >= 4 is 6.09 Å². The van der Waals surface area contributed by atoms with E-state index < -0.39 is 6.09 Å². The van der Waals surface area contributed by atoms with Gasteiger partial charge in [-0.1, -0.05) is 48.5 Å². The van der Waals surface area contributed by atoms with Crippen LogP contribution in [0.2, 0.25) is 0 Å². The van der Waals surface area contributed by atoms with Crippen molar-refractivity contribution in [1.82, 2.24) is 25.2 Å². The molecule has 0 saturated heterocycles. The van der Waals surface area contributed by atoms with Crippen LogP contribution in [0.15, 0.2) is 60.7 Å². The highest BCUT2D eigenvalue weighted by Gasteiger charge is 2.37. The van der Waals surface area contributed by atoms with Gasteiger partial charge in [0.25, 0.3) is 5.88 Å². The van der Waals surface area contributed by atoms with Crippen molar-refractivity contribution < 1.29 is 9.53 Å². The topological polar surface area (TPSA) is 72.3 Å². The van der Waals surface area contributed by atoms with Crippen LogP contribution in [-0.4, -0.2) is 51.7 Å². The number of aryl methyl sites for hydroxylation is 2. The number of carbonyl (C=O) groups excluding carboxylic acids is 1. The van der Waals surface area contributed by atoms with E-state index in [0.29, 0.717) is 5.69 Å². The molecule has 33 heavy (non-hydrogen) atoms. The van der Waals surface area contributed by atoms with Gasteiger partial charge in [-0.3, -0.25) is 0 Å². The fourth-order valence-corrected chi connectivity index (χ4v) is 4.66. The van der Waals surface area contributed by atoms with Gasteiger partial charge in [-0.15, -0.1) is 15.0 Å². The second-order valence-corrected chi connectivity index (χ2v) is 9.13. The Balaban J connectivity index is 1.31. The van der Waals surface area contributed by atoms with Gasteiger partial charge in [0.15, 0.2) is 0 Å². The lowest BCUT2D eigenvalue weighted by Crippen LogP contribution is -2.51. The van der Waals surface area contributed by atoms with Gasteiger partial charge in [-0.05, 0) is 77.2 Å². The molecule has 2 aromatic carbocycles. The van der Waals surface area contributed by atoms with Crippen LogP contribution in [-0.2, 0) is 6.42 Å². The van der Waals surface area contributed by atoms with Crippen molar-refractivity contribution in [1.29, 1.82) is 0 Å². The first kappa shape index (κ1) is 23.0. The van der Waals surface area contributed by atoms with Crippen LogP contribution < -0.4 is 10.1 Å². The number of benzene rings is 2. The first-order valence-electron chi connectivity index (χ1n) is 11.6. The lowest BCUT2D eigenvalue weighted by atomic mass is 9.75. The van der Waals surface area contributed by atoms with Crippen LogP contribution in [0.3, 0.4) is 0 Å². The summed E-state index contributed by atoms with van der Waals surface area (Å²) in [5.41, 5.74) is 2.93. The molecule has 7 nitrogen and oxygen atoms in total. The first-order valence-corrected chi connectivity index (χ1v) is 11.6. The second kappa shape index (κ2) is 10.2. The molecule has 1 fully saturated rings. The monoisotopic (exact) mass is 447 g/mol. The molecular formula is C26H33N5O2. The maximum atomic E-state index is 12.6. The number of ether oxygens (including phenoxy) is 1. The van der Waals surface area contributed by atoms with Gasteiger partial charge in [-0.25, -0.2) is 4.79 Å². The summed E-state index contributed by atoms with van der Waals surface area (Å²) in [6, 6.07) is 20.3. The quantitative estimate of drug-likeness (QED) is 0.576. The zero-order valence-electron chi connectivity index (χ0n) is 19.7. The number of nitrogens with zero attached hydrogens (tertiary/aromatic N) is 4. The Morgan fingerprint density at radius 1 is 1.06 bits per heavy atom. The molecule has 0 atom stereocenters. The minimum atomic E-state index is -0.468. The largest absolute Gasteiger partial charge is 0.414 e. The molecule has 1 aromatic heterocycles. The molecule has 1 heterocycles. The van der Waals surface area contributed by atoms with Crippen molar-refractivity contribution in [3.05, 3.63) is 71.9 Å². The van der Waals surface area contributed by atoms with E-state index in [1.54, 1.807) is 6.92 Å². The smallest absolute Gasteiger partial charge is 0.388 e. The Morgan fingerprint density at radius 3 is 2.33 bits per heavy atom. The third kappa shape index (κ3) is 5.60. The molecule has 3 aromatic rings. The van der Waals surface area contributed by atoms with E-state index in [2.05, 4.69) is 64.8 Å². The SMILES string of the molecule is Cc1nn(-c2ccccc2)nc1OC(=O)NC1CCC(CCc2ccccc2)(N(C)C)CC1. The molecule has 0 unspecified atom stereocenters. The van der Waals surface area contributed by atoms with Crippen molar-refractivity contribution in [2.75, 3.05) is 14.1 Å². The fraction of sp³-hybridized carbons (Fsp3) is 0.423. The van der Waals surface area contributed by atoms with Crippen LogP contribution in [0.4, 0.5) is 4.79 Å². The Labute approximate surface area is 195 Å². The summed E-state index contributed by atoms with van der Waals surface area (Å²) in [6.45, 7) is 1.79. The third-order valence-corrected chi connectivity index (χ3v) is 6.83. The van der Waals surface area contributed by atoms with Crippen molar-refractivity contribution in [3.8, 4) is 11.6 Å². The predicted octanol–water partition coefficient (Wildman–Crippen LogP) is 4.54. The second-order valence-electron chi connectivity index (χ2n) is 9.13. The fourth-order valence-electron chi connectivity index (χ4n) is 4.66. The standard InChI is InChI=1S/C26H33N5O2/c1-20-24(29-31(28-20)23-12-8-5-9-13-23)33-25(32)27-22-15-18-26(19-16-22,30(2)3)17-14-21-10-6-4-7-11-21/h4-13,22H,14-19H2,1-3H3,(H,27,32). The normalized spacial score (nSPS) is 20.5. The molecule has 0 bridgehead atoms. The van der Waals surface area contributed by atoms with Gasteiger partial charge >= 0.3 is 6.09 Å². The van der Waals surface area contributed by atoms with Crippen LogP contribution in [0.1, 0.15) is 43.4 Å². The van der Waals surface area contributed by atoms with Crippen molar-refractivity contribution in [2.24, 2.45) is 0 Å². The maximum Gasteiger partial charge on any atom is 0.414 e. The first-order chi connectivity index (χ1) is 15.9. The zero-order valence-corrected chi connectivity index (χ0v) is 19.7. The van der Waals surface area contributed by atoms with E-state index in [-0.39, 0.29) is 17.5 Å². The van der Waals surface area contributed by atoms with Gasteiger partial charge in [0.1, 0.15) is 5.69 Å². The third-order valence-electron chi connectivity index (χ3n) is 6.83. The highest BCUT2D eigenvalue weighted by molar-refractivity contribution is 5.70. The summed E-state index contributed by atoms with van der Waals surface area (Å²) < 4.78 is 5.50. The lowest BCUT2D eigenvalue weighted by molar-refractivity contribution is 0.0783. The Kier molecular flexibility index (Phi) is 7.08. The molecule has 1 N–H and O–H groups in total. The molecule has 0 radical (unpaired) electrons. The van der Waals surface area contributed by atoms with Crippen LogP contribution in [0.25, 0.3) is 5.69 Å². The van der Waals surface area contributed by atoms with Gasteiger partial charge < -0.3 is 15.0 Å². The van der Waals surface area contributed by atoms with Gasteiger partial charge in [0.05, 0.1) is 5.69 Å². The van der Waals surface area contributed by atoms with Crippen LogP contribution in [0.5, 0.6) is 5.88 Å². The minimum Gasteiger partial charge on any atom is -0.388 e. The molecule has 1 aliphatic carbocycles. The average molecular weight is 448 g/mol. The van der Waals surface area contributed by atoms with E-state index in [1.807, 2.05) is 30.3 Å². The molecule has 4 rings (SSSR count). The summed E-state index contributed by atoms with van der Waals surface area (Å²) in [5.74, 6) is 0.234. The summed E-state index contributed by atoms with van der Waals surface area (Å²) in [7, 11) is 4.34. The van der Waals surface area contributed by atoms with Crippen molar-refractivity contribution in [2.45, 2.75) is 57.0 Å². The number of nitrogens with one attached hydrogen (secondary N) is 1. The molecule has 1 amide bonds. The minimum absolute atomic E-state index is 0.103. The van der Waals surface area contributed by atoms with E-state index in [1.165, 1.54) is 10.4 Å². The van der Waals surface area contributed by atoms with E-state index in [0.717, 1.165) is 44.2 Å². The van der Waals surface area contributed by atoms with Crippen molar-refractivity contribution in [3.63, 3.8) is 0 Å². The van der Waals surface area contributed by atoms with E-state index in [9.17, 15) is 4.79 Å². The summed E-state index contributed by atoms with van der Waals surface area (Å²) in [4.78, 5) is 16.4. The molecule has 1 aliphatic rings. The van der Waals surface area contributed by atoms with Gasteiger partial charge in [0, 0.05) is 11.6 Å². The number of amides is 1. The number of para-hydroxylation sites is 1. The summed E-state index contributed by atoms with van der Waals surface area (Å²) in [5, 5.41) is 11.7. The average Bonchev–Trinajstić information content (AvgIpc) is 3.20. The maximum absolute atomic E-state index is 12.6.